The minimum atomic E-state index is -0.372. The van der Waals surface area contributed by atoms with E-state index in [4.69, 9.17) is 10.5 Å². The van der Waals surface area contributed by atoms with Crippen LogP contribution < -0.4 is 10.6 Å². The van der Waals surface area contributed by atoms with E-state index in [0.717, 1.165) is 11.4 Å². The summed E-state index contributed by atoms with van der Waals surface area (Å²) >= 11 is 1.55. The van der Waals surface area contributed by atoms with Crippen molar-refractivity contribution in [2.45, 2.75) is 6.54 Å². The Labute approximate surface area is 115 Å². The topological polar surface area (TPSA) is 68.5 Å². The van der Waals surface area contributed by atoms with Gasteiger partial charge in [0.1, 0.15) is 0 Å². The molecule has 6 heteroatoms. The molecule has 2 rings (SSSR count). The predicted molar refractivity (Wildman–Crippen MR) is 76.4 cm³/mol. The number of thiazole rings is 1. The van der Waals surface area contributed by atoms with Crippen LogP contribution >= 0.6 is 11.3 Å². The van der Waals surface area contributed by atoms with E-state index in [1.54, 1.807) is 35.0 Å². The number of nitrogens with zero attached hydrogens (tertiary/aromatic N) is 2. The highest BCUT2D eigenvalue weighted by Crippen LogP contribution is 2.25. The number of aromatic nitrogens is 1. The normalized spacial score (nSPS) is 10.2. The number of rotatable bonds is 4. The van der Waals surface area contributed by atoms with Gasteiger partial charge in [-0.15, -0.1) is 11.3 Å². The van der Waals surface area contributed by atoms with Gasteiger partial charge in [-0.2, -0.15) is 0 Å². The van der Waals surface area contributed by atoms with E-state index >= 15 is 0 Å². The molecule has 2 aromatic rings. The zero-order chi connectivity index (χ0) is 13.8. The summed E-state index contributed by atoms with van der Waals surface area (Å²) in [6.45, 7) is 0.637. The second-order valence-electron chi connectivity index (χ2n) is 4.10. The molecule has 0 aliphatic carbocycles. The first-order valence-corrected chi connectivity index (χ1v) is 6.62. The zero-order valence-electron chi connectivity index (χ0n) is 10.8. The van der Waals surface area contributed by atoms with Gasteiger partial charge < -0.3 is 15.4 Å². The van der Waals surface area contributed by atoms with E-state index in [9.17, 15) is 4.79 Å². The van der Waals surface area contributed by atoms with Crippen molar-refractivity contribution in [3.63, 3.8) is 0 Å². The van der Waals surface area contributed by atoms with Crippen molar-refractivity contribution in [3.05, 3.63) is 40.3 Å². The largest absolute Gasteiger partial charge is 0.465 e. The fourth-order valence-electron chi connectivity index (χ4n) is 1.76. The summed E-state index contributed by atoms with van der Waals surface area (Å²) in [6, 6.07) is 5.09. The smallest absolute Gasteiger partial charge is 0.337 e. The van der Waals surface area contributed by atoms with Gasteiger partial charge in [0.15, 0.2) is 0 Å². The lowest BCUT2D eigenvalue weighted by Crippen LogP contribution is -2.18. The number of carbonyl (C=O) groups excluding carboxylic acids is 1. The number of nitrogen functional groups attached to an aromatic ring is 1. The standard InChI is InChI=1S/C13H15N3O2S/c1-16(6-10-7-19-8-15-10)12-5-9(13(17)18-2)3-4-11(12)14/h3-5,7-8H,6,14H2,1-2H3. The Morgan fingerprint density at radius 1 is 1.53 bits per heavy atom. The van der Waals surface area contributed by atoms with Crippen LogP contribution in [0.2, 0.25) is 0 Å². The summed E-state index contributed by atoms with van der Waals surface area (Å²) in [6.07, 6.45) is 0. The third-order valence-electron chi connectivity index (χ3n) is 2.75. The maximum Gasteiger partial charge on any atom is 0.337 e. The summed E-state index contributed by atoms with van der Waals surface area (Å²) in [4.78, 5) is 17.7. The maximum absolute atomic E-state index is 11.5. The van der Waals surface area contributed by atoms with Crippen LogP contribution in [0.1, 0.15) is 16.1 Å². The van der Waals surface area contributed by atoms with Crippen LogP contribution in [0.4, 0.5) is 11.4 Å². The fraction of sp³-hybridized carbons (Fsp3) is 0.231. The number of benzene rings is 1. The maximum atomic E-state index is 11.5. The van der Waals surface area contributed by atoms with Crippen LogP contribution in [0, 0.1) is 0 Å². The van der Waals surface area contributed by atoms with Crippen LogP contribution in [0.5, 0.6) is 0 Å². The minimum absolute atomic E-state index is 0.372. The molecule has 0 bridgehead atoms. The summed E-state index contributed by atoms with van der Waals surface area (Å²) in [7, 11) is 3.27. The van der Waals surface area contributed by atoms with Gasteiger partial charge in [0.05, 0.1) is 41.8 Å². The zero-order valence-corrected chi connectivity index (χ0v) is 11.6. The van der Waals surface area contributed by atoms with Gasteiger partial charge in [0.25, 0.3) is 0 Å². The SMILES string of the molecule is COC(=O)c1ccc(N)c(N(C)Cc2cscn2)c1. The van der Waals surface area contributed by atoms with Crippen molar-refractivity contribution in [2.24, 2.45) is 0 Å². The van der Waals surface area contributed by atoms with Gasteiger partial charge in [-0.3, -0.25) is 0 Å². The number of esters is 1. The number of anilines is 2. The highest BCUT2D eigenvalue weighted by Gasteiger charge is 2.12. The first kappa shape index (κ1) is 13.4. The lowest BCUT2D eigenvalue weighted by atomic mass is 10.1. The molecule has 0 aliphatic heterocycles. The molecule has 1 heterocycles. The number of nitrogens with two attached hydrogens (primary N) is 1. The first-order valence-electron chi connectivity index (χ1n) is 5.68. The molecule has 0 aliphatic rings. The molecule has 1 aromatic carbocycles. The first-order chi connectivity index (χ1) is 9.11. The molecule has 19 heavy (non-hydrogen) atoms. The van der Waals surface area contributed by atoms with Crippen molar-refractivity contribution >= 4 is 28.7 Å². The Morgan fingerprint density at radius 3 is 2.95 bits per heavy atom. The second kappa shape index (κ2) is 5.71. The number of hydrogen-bond donors (Lipinski definition) is 1. The highest BCUT2D eigenvalue weighted by atomic mass is 32.1. The summed E-state index contributed by atoms with van der Waals surface area (Å²) in [5.41, 5.74) is 10.6. The van der Waals surface area contributed by atoms with Crippen molar-refractivity contribution < 1.29 is 9.53 Å². The third-order valence-corrected chi connectivity index (χ3v) is 3.38. The lowest BCUT2D eigenvalue weighted by Gasteiger charge is -2.20. The van der Waals surface area contributed by atoms with Gasteiger partial charge in [-0.25, -0.2) is 9.78 Å². The molecule has 5 nitrogen and oxygen atoms in total. The van der Waals surface area contributed by atoms with Crippen LogP contribution in [0.15, 0.2) is 29.1 Å². The Kier molecular flexibility index (Phi) is 4.01. The van der Waals surface area contributed by atoms with E-state index < -0.39 is 0 Å². The molecular formula is C13H15N3O2S. The molecule has 2 N–H and O–H groups in total. The molecular weight excluding hydrogens is 262 g/mol. The second-order valence-corrected chi connectivity index (χ2v) is 4.82. The highest BCUT2D eigenvalue weighted by molar-refractivity contribution is 7.07. The minimum Gasteiger partial charge on any atom is -0.465 e. The average molecular weight is 277 g/mol. The summed E-state index contributed by atoms with van der Waals surface area (Å²) in [5.74, 6) is -0.372. The molecule has 1 aromatic heterocycles. The van der Waals surface area contributed by atoms with Crippen molar-refractivity contribution in [3.8, 4) is 0 Å². The van der Waals surface area contributed by atoms with E-state index in [1.165, 1.54) is 7.11 Å². The molecule has 0 fully saturated rings. The van der Waals surface area contributed by atoms with Crippen LogP contribution in [0.3, 0.4) is 0 Å². The molecule has 0 atom stereocenters. The van der Waals surface area contributed by atoms with Gasteiger partial charge in [-0.1, -0.05) is 0 Å². The van der Waals surface area contributed by atoms with Crippen molar-refractivity contribution in [2.75, 3.05) is 24.8 Å². The predicted octanol–water partition coefficient (Wildman–Crippen LogP) is 2.15. The third kappa shape index (κ3) is 3.03. The summed E-state index contributed by atoms with van der Waals surface area (Å²) < 4.78 is 4.71. The Hall–Kier alpha value is -2.08. The molecule has 100 valence electrons. The van der Waals surface area contributed by atoms with Gasteiger partial charge in [-0.05, 0) is 18.2 Å². The monoisotopic (exact) mass is 277 g/mol. The van der Waals surface area contributed by atoms with E-state index in [0.29, 0.717) is 17.8 Å². The Morgan fingerprint density at radius 2 is 2.32 bits per heavy atom. The lowest BCUT2D eigenvalue weighted by molar-refractivity contribution is 0.0601. The molecule has 0 saturated heterocycles. The van der Waals surface area contributed by atoms with Crippen LogP contribution in [-0.2, 0) is 11.3 Å². The molecule has 0 saturated carbocycles. The van der Waals surface area contributed by atoms with Gasteiger partial charge in [0, 0.05) is 12.4 Å². The van der Waals surface area contributed by atoms with Gasteiger partial charge >= 0.3 is 5.97 Å². The Bertz CT molecular complexity index is 569. The molecule has 0 spiro atoms. The Balaban J connectivity index is 2.25. The molecule has 0 unspecified atom stereocenters. The molecule has 0 radical (unpaired) electrons. The number of carbonyl (C=O) groups is 1. The van der Waals surface area contributed by atoms with Crippen molar-refractivity contribution in [1.29, 1.82) is 0 Å². The van der Waals surface area contributed by atoms with E-state index in [2.05, 4.69) is 4.98 Å². The number of ether oxygens (including phenoxy) is 1. The number of hydrogen-bond acceptors (Lipinski definition) is 6. The van der Waals surface area contributed by atoms with E-state index in [1.807, 2.05) is 17.3 Å². The quantitative estimate of drug-likeness (QED) is 0.685. The van der Waals surface area contributed by atoms with Crippen LogP contribution in [0.25, 0.3) is 0 Å². The fourth-order valence-corrected chi connectivity index (χ4v) is 2.31. The van der Waals surface area contributed by atoms with Crippen LogP contribution in [-0.4, -0.2) is 25.1 Å². The van der Waals surface area contributed by atoms with Gasteiger partial charge in [0.2, 0.25) is 0 Å². The average Bonchev–Trinajstić information content (AvgIpc) is 2.91. The van der Waals surface area contributed by atoms with Crippen molar-refractivity contribution in [1.82, 2.24) is 4.98 Å². The number of methoxy groups -OCH3 is 1. The van der Waals surface area contributed by atoms with E-state index in [-0.39, 0.29) is 5.97 Å². The summed E-state index contributed by atoms with van der Waals surface area (Å²) in [5, 5.41) is 1.98. The molecule has 0 amide bonds.